The van der Waals surface area contributed by atoms with Crippen LogP contribution in [0.15, 0.2) is 24.3 Å². The average molecular weight is 397 g/mol. The van der Waals surface area contributed by atoms with E-state index in [1.165, 1.54) is 0 Å². The molecule has 1 aromatic rings. The summed E-state index contributed by atoms with van der Waals surface area (Å²) in [6.45, 7) is 2.68. The average Bonchev–Trinajstić information content (AvgIpc) is 2.69. The topological polar surface area (TPSA) is 87.2 Å². The number of methoxy groups -OCH3 is 1. The summed E-state index contributed by atoms with van der Waals surface area (Å²) in [5, 5.41) is 9.20. The molecule has 2 aliphatic heterocycles. The predicted molar refractivity (Wildman–Crippen MR) is 102 cm³/mol. The zero-order valence-corrected chi connectivity index (χ0v) is 16.5. The molecule has 0 bridgehead atoms. The lowest BCUT2D eigenvalue weighted by Gasteiger charge is -2.38. The number of aromatic carboxylic acids is 1. The number of ether oxygens (including phenoxy) is 1. The van der Waals surface area contributed by atoms with Crippen LogP contribution in [-0.4, -0.2) is 68.0 Å². The first-order valence-electron chi connectivity index (χ1n) is 9.49. The quantitative estimate of drug-likeness (QED) is 0.796. The van der Waals surface area contributed by atoms with Gasteiger partial charge >= 0.3 is 5.97 Å². The number of rotatable bonds is 6. The highest BCUT2D eigenvalue weighted by molar-refractivity contribution is 7.86. The molecule has 1 aromatic carbocycles. The van der Waals surface area contributed by atoms with Crippen molar-refractivity contribution in [2.45, 2.75) is 31.6 Å². The molecule has 0 amide bonds. The highest BCUT2D eigenvalue weighted by atomic mass is 32.2. The molecule has 7 nitrogen and oxygen atoms in total. The normalized spacial score (nSPS) is 23.4. The monoisotopic (exact) mass is 396 g/mol. The Morgan fingerprint density at radius 3 is 2.59 bits per heavy atom. The van der Waals surface area contributed by atoms with Gasteiger partial charge in [-0.25, -0.2) is 4.79 Å². The summed E-state index contributed by atoms with van der Waals surface area (Å²) in [6, 6.07) is 6.85. The van der Waals surface area contributed by atoms with Crippen LogP contribution in [0.2, 0.25) is 0 Å². The molecule has 2 heterocycles. The van der Waals surface area contributed by atoms with Gasteiger partial charge in [0.1, 0.15) is 0 Å². The number of carboxylic acids is 1. The van der Waals surface area contributed by atoms with Crippen LogP contribution in [0.1, 0.15) is 47.5 Å². The predicted octanol–water partition coefficient (Wildman–Crippen LogP) is 2.17. The molecule has 27 heavy (non-hydrogen) atoms. The highest BCUT2D eigenvalue weighted by Gasteiger charge is 2.36. The molecule has 0 spiro atoms. The summed E-state index contributed by atoms with van der Waals surface area (Å²) in [7, 11) is -1.80. The van der Waals surface area contributed by atoms with Gasteiger partial charge in [-0.2, -0.15) is 17.0 Å². The van der Waals surface area contributed by atoms with Gasteiger partial charge in [0.2, 0.25) is 0 Å². The second kappa shape index (κ2) is 8.68. The Kier molecular flexibility index (Phi) is 6.52. The third kappa shape index (κ3) is 4.68. The minimum Gasteiger partial charge on any atom is -0.478 e. The first-order valence-corrected chi connectivity index (χ1v) is 10.9. The maximum atomic E-state index is 13.1. The zero-order valence-electron chi connectivity index (χ0n) is 15.7. The molecule has 150 valence electrons. The van der Waals surface area contributed by atoms with Crippen molar-refractivity contribution in [1.82, 2.24) is 8.61 Å². The summed E-state index contributed by atoms with van der Waals surface area (Å²) in [6.07, 6.45) is 3.29. The molecule has 2 fully saturated rings. The molecule has 0 aromatic heterocycles. The zero-order chi connectivity index (χ0) is 19.4. The molecular formula is C19H28N2O5S. The second-order valence-electron chi connectivity index (χ2n) is 7.43. The Balaban J connectivity index is 1.68. The number of hydrogen-bond donors (Lipinski definition) is 1. The van der Waals surface area contributed by atoms with Gasteiger partial charge in [0.15, 0.2) is 0 Å². The summed E-state index contributed by atoms with van der Waals surface area (Å²) in [4.78, 5) is 11.2. The second-order valence-corrected chi connectivity index (χ2v) is 9.36. The fourth-order valence-corrected chi connectivity index (χ4v) is 5.78. The van der Waals surface area contributed by atoms with E-state index in [-0.39, 0.29) is 11.5 Å². The number of carboxylic acid groups (broad SMARTS) is 1. The third-order valence-electron chi connectivity index (χ3n) is 5.62. The van der Waals surface area contributed by atoms with Crippen LogP contribution >= 0.6 is 0 Å². The van der Waals surface area contributed by atoms with Gasteiger partial charge < -0.3 is 9.84 Å². The minimum absolute atomic E-state index is 0.0267. The Morgan fingerprint density at radius 2 is 1.93 bits per heavy atom. The molecule has 2 saturated heterocycles. The molecule has 0 radical (unpaired) electrons. The van der Waals surface area contributed by atoms with Crippen LogP contribution in [0.5, 0.6) is 0 Å². The number of piperidine rings is 2. The largest absolute Gasteiger partial charge is 0.478 e. The minimum atomic E-state index is -3.48. The first kappa shape index (κ1) is 20.3. The van der Waals surface area contributed by atoms with Crippen molar-refractivity contribution in [2.24, 2.45) is 5.92 Å². The van der Waals surface area contributed by atoms with E-state index in [2.05, 4.69) is 0 Å². The Hall–Kier alpha value is -1.48. The van der Waals surface area contributed by atoms with Gasteiger partial charge in [-0.3, -0.25) is 0 Å². The van der Waals surface area contributed by atoms with E-state index in [0.29, 0.717) is 38.7 Å². The smallest absolute Gasteiger partial charge is 0.335 e. The Labute approximate surface area is 161 Å². The van der Waals surface area contributed by atoms with Gasteiger partial charge in [0.05, 0.1) is 5.56 Å². The van der Waals surface area contributed by atoms with Gasteiger partial charge in [-0.15, -0.1) is 0 Å². The van der Waals surface area contributed by atoms with Crippen molar-refractivity contribution < 1.29 is 23.1 Å². The van der Waals surface area contributed by atoms with Crippen LogP contribution in [0, 0.1) is 5.92 Å². The summed E-state index contributed by atoms with van der Waals surface area (Å²) in [5.41, 5.74) is 1.14. The molecule has 1 atom stereocenters. The Morgan fingerprint density at radius 1 is 1.19 bits per heavy atom. The van der Waals surface area contributed by atoms with Crippen molar-refractivity contribution in [3.8, 4) is 0 Å². The van der Waals surface area contributed by atoms with E-state index >= 15 is 0 Å². The standard InChI is InChI=1S/C19H28N2O5S/c1-26-14-15-7-10-20(11-8-15)27(24,25)21-9-3-6-18(13-21)16-4-2-5-17(12-16)19(22)23/h2,4-5,12,15,18H,3,6-11,13-14H2,1H3,(H,22,23). The molecule has 3 rings (SSSR count). The van der Waals surface area contributed by atoms with E-state index in [9.17, 15) is 18.3 Å². The number of nitrogens with zero attached hydrogens (tertiary/aromatic N) is 2. The number of hydrogen-bond acceptors (Lipinski definition) is 4. The molecule has 0 aliphatic carbocycles. The van der Waals surface area contributed by atoms with Crippen LogP contribution < -0.4 is 0 Å². The van der Waals surface area contributed by atoms with E-state index < -0.39 is 16.2 Å². The fraction of sp³-hybridized carbons (Fsp3) is 0.632. The summed E-state index contributed by atoms with van der Waals surface area (Å²) < 4.78 is 34.5. The third-order valence-corrected chi connectivity index (χ3v) is 7.62. The lowest BCUT2D eigenvalue weighted by atomic mass is 9.91. The van der Waals surface area contributed by atoms with Crippen molar-refractivity contribution in [2.75, 3.05) is 39.9 Å². The SMILES string of the molecule is COCC1CCN(S(=O)(=O)N2CCCC(c3cccc(C(=O)O)c3)C2)CC1. The highest BCUT2D eigenvalue weighted by Crippen LogP contribution is 2.31. The van der Waals surface area contributed by atoms with Gasteiger partial charge in [-0.1, -0.05) is 12.1 Å². The lowest BCUT2D eigenvalue weighted by Crippen LogP contribution is -2.50. The van der Waals surface area contributed by atoms with Gasteiger partial charge in [0.25, 0.3) is 10.2 Å². The van der Waals surface area contributed by atoms with Crippen molar-refractivity contribution >= 4 is 16.2 Å². The first-order chi connectivity index (χ1) is 12.9. The molecule has 0 saturated carbocycles. The number of carbonyl (C=O) groups is 1. The van der Waals surface area contributed by atoms with E-state index in [0.717, 1.165) is 31.2 Å². The van der Waals surface area contributed by atoms with Crippen molar-refractivity contribution in [3.05, 3.63) is 35.4 Å². The molecular weight excluding hydrogens is 368 g/mol. The molecule has 1 N–H and O–H groups in total. The fourth-order valence-electron chi connectivity index (χ4n) is 4.06. The Bertz CT molecular complexity index is 759. The van der Waals surface area contributed by atoms with Crippen LogP contribution in [0.4, 0.5) is 0 Å². The van der Waals surface area contributed by atoms with Gasteiger partial charge in [-0.05, 0) is 55.2 Å². The van der Waals surface area contributed by atoms with Gasteiger partial charge in [0, 0.05) is 39.9 Å². The maximum Gasteiger partial charge on any atom is 0.335 e. The number of benzene rings is 1. The summed E-state index contributed by atoms with van der Waals surface area (Å²) in [5.74, 6) is -0.510. The van der Waals surface area contributed by atoms with Crippen molar-refractivity contribution in [3.63, 3.8) is 0 Å². The van der Waals surface area contributed by atoms with E-state index in [4.69, 9.17) is 4.74 Å². The summed E-state index contributed by atoms with van der Waals surface area (Å²) >= 11 is 0. The molecule has 8 heteroatoms. The maximum absolute atomic E-state index is 13.1. The van der Waals surface area contributed by atoms with Crippen LogP contribution in [0.3, 0.4) is 0 Å². The molecule has 1 unspecified atom stereocenters. The lowest BCUT2D eigenvalue weighted by molar-refractivity contribution is 0.0696. The van der Waals surface area contributed by atoms with E-state index in [1.807, 2.05) is 6.07 Å². The van der Waals surface area contributed by atoms with E-state index in [1.54, 1.807) is 33.9 Å². The molecule has 2 aliphatic rings. The van der Waals surface area contributed by atoms with Crippen molar-refractivity contribution in [1.29, 1.82) is 0 Å². The van der Waals surface area contributed by atoms with Crippen LogP contribution in [0.25, 0.3) is 0 Å². The van der Waals surface area contributed by atoms with Crippen LogP contribution in [-0.2, 0) is 14.9 Å².